The van der Waals surface area contributed by atoms with Gasteiger partial charge in [0.1, 0.15) is 5.82 Å². The predicted molar refractivity (Wildman–Crippen MR) is 146 cm³/mol. The van der Waals surface area contributed by atoms with Crippen LogP contribution in [0.1, 0.15) is 16.9 Å². The number of benzene rings is 2. The number of fused-ring (bicyclic) bond motifs is 2. The van der Waals surface area contributed by atoms with Gasteiger partial charge in [-0.1, -0.05) is 30.3 Å². The number of thiophene rings is 1. The van der Waals surface area contributed by atoms with Crippen LogP contribution in [0.5, 0.6) is 0 Å². The summed E-state index contributed by atoms with van der Waals surface area (Å²) in [4.78, 5) is 25.8. The maximum absolute atomic E-state index is 13.0. The smallest absolute Gasteiger partial charge is 0.237 e. The van der Waals surface area contributed by atoms with Crippen LogP contribution in [0.15, 0.2) is 66.7 Å². The number of amides is 1. The molecule has 2 aromatic carbocycles. The molecule has 1 fully saturated rings. The van der Waals surface area contributed by atoms with Gasteiger partial charge in [-0.15, -0.1) is 11.3 Å². The van der Waals surface area contributed by atoms with Crippen molar-refractivity contribution in [3.05, 3.63) is 77.2 Å². The average Bonchev–Trinajstić information content (AvgIpc) is 3.28. The fourth-order valence-electron chi connectivity index (χ4n) is 5.19. The van der Waals surface area contributed by atoms with Crippen molar-refractivity contribution < 1.29 is 4.79 Å². The van der Waals surface area contributed by atoms with Crippen molar-refractivity contribution in [3.63, 3.8) is 0 Å². The Morgan fingerprint density at radius 2 is 1.80 bits per heavy atom. The first kappa shape index (κ1) is 22.3. The second-order valence-electron chi connectivity index (χ2n) is 9.55. The zero-order chi connectivity index (χ0) is 23.8. The van der Waals surface area contributed by atoms with Gasteiger partial charge in [0.2, 0.25) is 5.91 Å². The monoisotopic (exact) mass is 482 g/mol. The quantitative estimate of drug-likeness (QED) is 0.401. The molecule has 35 heavy (non-hydrogen) atoms. The highest BCUT2D eigenvalue weighted by Crippen LogP contribution is 2.30. The van der Waals surface area contributed by atoms with Crippen molar-refractivity contribution in [2.45, 2.75) is 13.3 Å². The summed E-state index contributed by atoms with van der Waals surface area (Å²) in [6, 6.07) is 21.5. The number of aryl methyl sites for hydroxylation is 1. The highest BCUT2D eigenvalue weighted by molar-refractivity contribution is 7.19. The summed E-state index contributed by atoms with van der Waals surface area (Å²) in [5.74, 6) is 1.26. The van der Waals surface area contributed by atoms with Crippen LogP contribution in [0.4, 0.5) is 5.82 Å². The number of anilines is 1. The maximum atomic E-state index is 13.0. The van der Waals surface area contributed by atoms with Crippen LogP contribution in [0.2, 0.25) is 0 Å². The molecule has 4 heterocycles. The number of piperazine rings is 1. The number of hydrogen-bond donors (Lipinski definition) is 0. The number of rotatable bonds is 4. The van der Waals surface area contributed by atoms with E-state index in [1.807, 2.05) is 28.4 Å². The van der Waals surface area contributed by atoms with Crippen molar-refractivity contribution in [1.29, 1.82) is 0 Å². The Bertz CT molecular complexity index is 1420. The van der Waals surface area contributed by atoms with E-state index in [1.165, 1.54) is 31.5 Å². The van der Waals surface area contributed by atoms with Gasteiger partial charge in [-0.25, -0.2) is 4.98 Å². The molecular weight excluding hydrogens is 452 g/mol. The van der Waals surface area contributed by atoms with Gasteiger partial charge in [-0.3, -0.25) is 9.69 Å². The number of carbonyl (C=O) groups is 1. The normalized spacial score (nSPS) is 17.2. The van der Waals surface area contributed by atoms with Crippen molar-refractivity contribution in [3.8, 4) is 0 Å². The molecule has 178 valence electrons. The Morgan fingerprint density at radius 3 is 2.63 bits per heavy atom. The molecule has 4 aromatic rings. The minimum Gasteiger partial charge on any atom is -0.354 e. The second-order valence-corrected chi connectivity index (χ2v) is 10.8. The van der Waals surface area contributed by atoms with Crippen LogP contribution in [-0.4, -0.2) is 66.5 Å². The summed E-state index contributed by atoms with van der Waals surface area (Å²) in [5, 5.41) is 2.49. The molecular formula is C29H30N4OS. The third-order valence-electron chi connectivity index (χ3n) is 7.21. The van der Waals surface area contributed by atoms with Crippen molar-refractivity contribution in [2.75, 3.05) is 50.7 Å². The van der Waals surface area contributed by atoms with E-state index in [-0.39, 0.29) is 5.91 Å². The number of carbonyl (C=O) groups excluding carboxylic acids is 1. The van der Waals surface area contributed by atoms with Crippen molar-refractivity contribution in [2.24, 2.45) is 0 Å². The molecule has 0 radical (unpaired) electrons. The van der Waals surface area contributed by atoms with Crippen molar-refractivity contribution in [1.82, 2.24) is 14.8 Å². The molecule has 0 saturated carbocycles. The first-order valence-electron chi connectivity index (χ1n) is 12.4. The Hall–Kier alpha value is -3.22. The van der Waals surface area contributed by atoms with Gasteiger partial charge < -0.3 is 9.80 Å². The molecule has 0 atom stereocenters. The fraction of sp³-hybridized carbons (Fsp3) is 0.310. The van der Waals surface area contributed by atoms with Gasteiger partial charge in [0, 0.05) is 54.2 Å². The molecule has 6 rings (SSSR count). The van der Waals surface area contributed by atoms with E-state index in [9.17, 15) is 4.79 Å². The topological polar surface area (TPSA) is 39.7 Å². The molecule has 2 aliphatic heterocycles. The van der Waals surface area contributed by atoms with Crippen molar-refractivity contribution >= 4 is 49.6 Å². The van der Waals surface area contributed by atoms with Crippen LogP contribution >= 0.6 is 11.3 Å². The number of para-hydroxylation sites is 1. The largest absolute Gasteiger partial charge is 0.354 e. The fourth-order valence-corrected chi connectivity index (χ4v) is 6.10. The van der Waals surface area contributed by atoms with E-state index in [1.54, 1.807) is 0 Å². The third-order valence-corrected chi connectivity index (χ3v) is 8.24. The van der Waals surface area contributed by atoms with E-state index < -0.39 is 0 Å². The summed E-state index contributed by atoms with van der Waals surface area (Å²) >= 11 is 1.84. The summed E-state index contributed by atoms with van der Waals surface area (Å²) in [6.45, 7) is 7.73. The lowest BCUT2D eigenvalue weighted by Crippen LogP contribution is -2.50. The van der Waals surface area contributed by atoms with Gasteiger partial charge >= 0.3 is 0 Å². The van der Waals surface area contributed by atoms with E-state index in [0.29, 0.717) is 13.1 Å². The number of pyridine rings is 1. The van der Waals surface area contributed by atoms with Crippen LogP contribution in [-0.2, 0) is 4.79 Å². The zero-order valence-electron chi connectivity index (χ0n) is 20.1. The number of hydrogen-bond acceptors (Lipinski definition) is 5. The van der Waals surface area contributed by atoms with Crippen LogP contribution in [0.3, 0.4) is 0 Å². The molecule has 0 bridgehead atoms. The van der Waals surface area contributed by atoms with Gasteiger partial charge in [-0.2, -0.15) is 0 Å². The van der Waals surface area contributed by atoms with Gasteiger partial charge in [0.05, 0.1) is 12.1 Å². The Labute approximate surface area is 210 Å². The average molecular weight is 483 g/mol. The highest BCUT2D eigenvalue weighted by atomic mass is 32.1. The third kappa shape index (κ3) is 4.68. The van der Waals surface area contributed by atoms with E-state index in [4.69, 9.17) is 4.98 Å². The molecule has 1 amide bonds. The zero-order valence-corrected chi connectivity index (χ0v) is 20.9. The highest BCUT2D eigenvalue weighted by Gasteiger charge is 2.24. The molecule has 2 aliphatic rings. The summed E-state index contributed by atoms with van der Waals surface area (Å²) in [6.07, 6.45) is 3.16. The minimum absolute atomic E-state index is 0.237. The number of aromatic nitrogens is 1. The van der Waals surface area contributed by atoms with Crippen LogP contribution in [0.25, 0.3) is 26.6 Å². The van der Waals surface area contributed by atoms with Crippen LogP contribution in [0, 0.1) is 6.92 Å². The van der Waals surface area contributed by atoms with E-state index in [2.05, 4.69) is 71.3 Å². The molecule has 6 heteroatoms. The molecule has 2 aromatic heterocycles. The predicted octanol–water partition coefficient (Wildman–Crippen LogP) is 5.20. The second kappa shape index (κ2) is 9.44. The molecule has 5 nitrogen and oxygen atoms in total. The van der Waals surface area contributed by atoms with Gasteiger partial charge in [0.15, 0.2) is 0 Å². The maximum Gasteiger partial charge on any atom is 0.237 e. The SMILES string of the molecule is Cc1cc2cc(C3=CCN(C(=O)CN4CCN(c5ccc6ccccc6n5)CC4)CC3)ccc2s1. The Morgan fingerprint density at radius 1 is 0.943 bits per heavy atom. The Balaban J connectivity index is 1.03. The molecule has 1 saturated heterocycles. The summed E-state index contributed by atoms with van der Waals surface area (Å²) < 4.78 is 1.34. The Kier molecular flexibility index (Phi) is 6.00. The van der Waals surface area contributed by atoms with Gasteiger partial charge in [-0.05, 0) is 66.3 Å². The molecule has 0 spiro atoms. The lowest BCUT2D eigenvalue weighted by Gasteiger charge is -2.36. The summed E-state index contributed by atoms with van der Waals surface area (Å²) in [5.41, 5.74) is 3.68. The molecule has 0 aliphatic carbocycles. The minimum atomic E-state index is 0.237. The lowest BCUT2D eigenvalue weighted by atomic mass is 9.98. The first-order chi connectivity index (χ1) is 17.1. The lowest BCUT2D eigenvalue weighted by molar-refractivity contribution is -0.132. The van der Waals surface area contributed by atoms with Crippen LogP contribution < -0.4 is 4.90 Å². The summed E-state index contributed by atoms with van der Waals surface area (Å²) in [7, 11) is 0. The van der Waals surface area contributed by atoms with E-state index >= 15 is 0 Å². The number of nitrogens with zero attached hydrogens (tertiary/aromatic N) is 4. The molecule has 0 N–H and O–H groups in total. The van der Waals surface area contributed by atoms with E-state index in [0.717, 1.165) is 50.5 Å². The van der Waals surface area contributed by atoms with Gasteiger partial charge in [0.25, 0.3) is 0 Å². The molecule has 0 unspecified atom stereocenters. The first-order valence-corrected chi connectivity index (χ1v) is 13.2. The standard InChI is InChI=1S/C29H30N4OS/c1-21-18-25-19-24(6-8-27(25)35-21)22-10-12-33(13-11-22)29(34)20-31-14-16-32(17-15-31)28-9-7-23-4-2-3-5-26(23)30-28/h2-10,18-19H,11-17,20H2,1H3.